The summed E-state index contributed by atoms with van der Waals surface area (Å²) in [6, 6.07) is 6.48. The van der Waals surface area contributed by atoms with Crippen LogP contribution < -0.4 is 4.74 Å². The number of hydrogen-bond donors (Lipinski definition) is 0. The molecule has 0 atom stereocenters. The molecule has 0 aromatic heterocycles. The lowest BCUT2D eigenvalue weighted by molar-refractivity contribution is -0.274. The summed E-state index contributed by atoms with van der Waals surface area (Å²) in [6.07, 6.45) is 5.79. The largest absolute Gasteiger partial charge is 0.573 e. The molecular formula is C21H35F3O. The van der Waals surface area contributed by atoms with E-state index in [1.807, 2.05) is 0 Å². The molecule has 4 heteroatoms. The average Bonchev–Trinajstić information content (AvgIpc) is 2.55. The summed E-state index contributed by atoms with van der Waals surface area (Å²) in [5.74, 6) is 3.03. The lowest BCUT2D eigenvalue weighted by Gasteiger charge is -2.37. The summed E-state index contributed by atoms with van der Waals surface area (Å²) in [7, 11) is 0. The van der Waals surface area contributed by atoms with Gasteiger partial charge in [-0.2, -0.15) is 0 Å². The van der Waals surface area contributed by atoms with E-state index in [1.54, 1.807) is 12.1 Å². The topological polar surface area (TPSA) is 9.23 Å². The van der Waals surface area contributed by atoms with Crippen LogP contribution >= 0.6 is 0 Å². The van der Waals surface area contributed by atoms with Crippen molar-refractivity contribution in [3.8, 4) is 5.75 Å². The van der Waals surface area contributed by atoms with Gasteiger partial charge >= 0.3 is 6.36 Å². The maximum Gasteiger partial charge on any atom is 0.573 e. The molecule has 3 rings (SSSR count). The minimum Gasteiger partial charge on any atom is -0.406 e. The Bertz CT molecular complexity index is 517. The smallest absolute Gasteiger partial charge is 0.406 e. The van der Waals surface area contributed by atoms with E-state index in [2.05, 4.69) is 11.7 Å². The lowest BCUT2D eigenvalue weighted by atomic mass is 9.68. The van der Waals surface area contributed by atoms with Crippen molar-refractivity contribution in [3.05, 3.63) is 29.8 Å². The number of halogens is 3. The Kier molecular flexibility index (Phi) is 6.81. The van der Waals surface area contributed by atoms with Gasteiger partial charge in [0.1, 0.15) is 5.75 Å². The fraction of sp³-hybridized carbons (Fsp3) is 0.714. The van der Waals surface area contributed by atoms with Gasteiger partial charge in [0, 0.05) is 2.85 Å². The average molecular weight is 361 g/mol. The third kappa shape index (κ3) is 5.65. The molecule has 0 saturated heterocycles. The van der Waals surface area contributed by atoms with Crippen LogP contribution in [0.25, 0.3) is 0 Å². The maximum absolute atomic E-state index is 12.2. The van der Waals surface area contributed by atoms with E-state index in [1.165, 1.54) is 50.7 Å². The summed E-state index contributed by atoms with van der Waals surface area (Å²) in [6.45, 7) is 2.36. The Balaban J connectivity index is 0.00000225. The van der Waals surface area contributed by atoms with Crippen molar-refractivity contribution in [2.75, 3.05) is 0 Å². The van der Waals surface area contributed by atoms with Crippen LogP contribution in [-0.2, 0) is 0 Å². The van der Waals surface area contributed by atoms with E-state index >= 15 is 0 Å². The Morgan fingerprint density at radius 1 is 0.840 bits per heavy atom. The molecule has 0 spiro atoms. The lowest BCUT2D eigenvalue weighted by Crippen LogP contribution is -2.24. The van der Waals surface area contributed by atoms with Gasteiger partial charge in [-0.1, -0.05) is 39.3 Å². The molecule has 0 N–H and O–H groups in total. The molecule has 2 aliphatic carbocycles. The number of rotatable bonds is 3. The zero-order valence-electron chi connectivity index (χ0n) is 14.3. The Morgan fingerprint density at radius 2 is 1.32 bits per heavy atom. The minimum atomic E-state index is -4.61. The summed E-state index contributed by atoms with van der Waals surface area (Å²) in [5.41, 5.74) is 1.15. The summed E-state index contributed by atoms with van der Waals surface area (Å²) < 4.78 is 40.6. The van der Waals surface area contributed by atoms with E-state index in [9.17, 15) is 13.2 Å². The number of hydrogen-bond acceptors (Lipinski definition) is 1. The highest BCUT2D eigenvalue weighted by Gasteiger charge is 2.32. The standard InChI is InChI=1S/C20H27F3O.CH4.2H2/c1-14-2-4-15(5-3-14)16-6-8-17(9-7-16)18-10-12-19(13-11-18)24-20(21,22)23;;;/h10-17H,2-9H2,1H3;1H4;2*1H. The molecule has 2 saturated carbocycles. The second kappa shape index (κ2) is 8.46. The van der Waals surface area contributed by atoms with Crippen LogP contribution in [0, 0.1) is 17.8 Å². The van der Waals surface area contributed by atoms with Gasteiger partial charge in [0.2, 0.25) is 0 Å². The zero-order valence-corrected chi connectivity index (χ0v) is 14.3. The fourth-order valence-electron chi connectivity index (χ4n) is 4.62. The highest BCUT2D eigenvalue weighted by molar-refractivity contribution is 5.29. The molecule has 2 aliphatic rings. The van der Waals surface area contributed by atoms with E-state index < -0.39 is 6.36 Å². The second-order valence-electron chi connectivity index (χ2n) is 7.75. The maximum atomic E-state index is 12.2. The van der Waals surface area contributed by atoms with Gasteiger partial charge < -0.3 is 4.74 Å². The molecule has 25 heavy (non-hydrogen) atoms. The zero-order chi connectivity index (χ0) is 17.2. The molecule has 0 heterocycles. The van der Waals surface area contributed by atoms with Gasteiger partial charge in [0.25, 0.3) is 0 Å². The van der Waals surface area contributed by atoms with E-state index in [0.29, 0.717) is 5.92 Å². The van der Waals surface area contributed by atoms with Crippen molar-refractivity contribution in [1.82, 2.24) is 0 Å². The van der Waals surface area contributed by atoms with Crippen molar-refractivity contribution in [2.45, 2.75) is 78.0 Å². The third-order valence-corrected chi connectivity index (χ3v) is 6.08. The summed E-state index contributed by atoms with van der Waals surface area (Å²) >= 11 is 0. The highest BCUT2D eigenvalue weighted by Crippen LogP contribution is 2.44. The first-order chi connectivity index (χ1) is 11.4. The van der Waals surface area contributed by atoms with Gasteiger partial charge in [-0.15, -0.1) is 13.2 Å². The molecule has 1 aromatic carbocycles. The molecule has 1 aromatic rings. The van der Waals surface area contributed by atoms with E-state index in [0.717, 1.165) is 36.2 Å². The molecule has 0 radical (unpaired) electrons. The minimum absolute atomic E-state index is 0. The van der Waals surface area contributed by atoms with Crippen LogP contribution in [0.3, 0.4) is 0 Å². The van der Waals surface area contributed by atoms with Gasteiger partial charge in [0.15, 0.2) is 0 Å². The molecule has 0 unspecified atom stereocenters. The third-order valence-electron chi connectivity index (χ3n) is 6.08. The first kappa shape index (κ1) is 20.1. The van der Waals surface area contributed by atoms with Crippen LogP contribution in [0.4, 0.5) is 13.2 Å². The molecule has 0 aliphatic heterocycles. The first-order valence-electron chi connectivity index (χ1n) is 9.26. The number of alkyl halides is 3. The van der Waals surface area contributed by atoms with Gasteiger partial charge in [0.05, 0.1) is 0 Å². The van der Waals surface area contributed by atoms with E-state index in [-0.39, 0.29) is 16.0 Å². The SMILES string of the molecule is C.CC1CCC(C2CCC(c3ccc(OC(F)(F)F)cc3)CC2)CC1.[HH].[HH]. The predicted molar refractivity (Wildman–Crippen MR) is 99.9 cm³/mol. The molecule has 0 amide bonds. The van der Waals surface area contributed by atoms with Crippen LogP contribution in [-0.4, -0.2) is 6.36 Å². The molecule has 2 fully saturated rings. The highest BCUT2D eigenvalue weighted by atomic mass is 19.4. The van der Waals surface area contributed by atoms with Crippen LogP contribution in [0.1, 0.15) is 80.1 Å². The Morgan fingerprint density at radius 3 is 1.80 bits per heavy atom. The van der Waals surface area contributed by atoms with Gasteiger partial charge in [-0.3, -0.25) is 0 Å². The molecule has 1 nitrogen and oxygen atoms in total. The summed E-state index contributed by atoms with van der Waals surface area (Å²) in [4.78, 5) is 0. The normalized spacial score (nSPS) is 30.4. The monoisotopic (exact) mass is 360 g/mol. The number of ether oxygens (including phenoxy) is 1. The van der Waals surface area contributed by atoms with Crippen LogP contribution in [0.5, 0.6) is 5.75 Å². The van der Waals surface area contributed by atoms with Crippen molar-refractivity contribution in [3.63, 3.8) is 0 Å². The second-order valence-corrected chi connectivity index (χ2v) is 7.75. The van der Waals surface area contributed by atoms with Crippen molar-refractivity contribution in [2.24, 2.45) is 17.8 Å². The number of benzene rings is 1. The van der Waals surface area contributed by atoms with Crippen molar-refractivity contribution in [1.29, 1.82) is 0 Å². The molecule has 0 bridgehead atoms. The van der Waals surface area contributed by atoms with Crippen molar-refractivity contribution < 1.29 is 20.8 Å². The van der Waals surface area contributed by atoms with E-state index in [4.69, 9.17) is 0 Å². The Hall–Kier alpha value is -1.19. The van der Waals surface area contributed by atoms with Crippen molar-refractivity contribution >= 4 is 0 Å². The van der Waals surface area contributed by atoms with Gasteiger partial charge in [-0.25, -0.2) is 0 Å². The van der Waals surface area contributed by atoms with Crippen LogP contribution in [0.15, 0.2) is 24.3 Å². The molecule has 146 valence electrons. The quantitative estimate of drug-likeness (QED) is 0.534. The first-order valence-corrected chi connectivity index (χ1v) is 9.26. The predicted octanol–water partition coefficient (Wildman–Crippen LogP) is 7.81. The fourth-order valence-corrected chi connectivity index (χ4v) is 4.62. The van der Waals surface area contributed by atoms with Gasteiger partial charge in [-0.05, 0) is 79.9 Å². The summed E-state index contributed by atoms with van der Waals surface area (Å²) in [5, 5.41) is 0. The van der Waals surface area contributed by atoms with Crippen LogP contribution in [0.2, 0.25) is 0 Å². The molecular weight excluding hydrogens is 325 g/mol. The Labute approximate surface area is 152 Å².